The van der Waals surface area contributed by atoms with Crippen LogP contribution in [0.25, 0.3) is 33.4 Å². The molecular formula is C74H82BBrCl3IN26O8. The van der Waals surface area contributed by atoms with E-state index in [1.54, 1.807) is 82.0 Å². The van der Waals surface area contributed by atoms with Crippen LogP contribution in [0, 0.1) is 3.57 Å². The summed E-state index contributed by atoms with van der Waals surface area (Å²) in [5.74, 6) is 1.09. The number of amides is 3. The van der Waals surface area contributed by atoms with Gasteiger partial charge in [0.2, 0.25) is 0 Å². The zero-order valence-electron chi connectivity index (χ0n) is 63.5. The van der Waals surface area contributed by atoms with E-state index in [2.05, 4.69) is 125 Å². The highest BCUT2D eigenvalue weighted by molar-refractivity contribution is 14.1. The number of nitrogens with two attached hydrogens (primary N) is 2. The number of hydrogen-bond acceptors (Lipinski definition) is 24. The lowest BCUT2D eigenvalue weighted by Crippen LogP contribution is -2.48. The average Bonchev–Trinajstić information content (AvgIpc) is 1.56. The molecule has 0 aromatic carbocycles. The third kappa shape index (κ3) is 16.8. The van der Waals surface area contributed by atoms with E-state index in [4.69, 9.17) is 55.6 Å². The van der Waals surface area contributed by atoms with E-state index in [-0.39, 0.29) is 85.5 Å². The Morgan fingerprint density at radius 1 is 0.456 bits per heavy atom. The van der Waals surface area contributed by atoms with Gasteiger partial charge in [-0.05, 0) is 161 Å². The van der Waals surface area contributed by atoms with E-state index < -0.39 is 17.0 Å². The van der Waals surface area contributed by atoms with Crippen LogP contribution in [-0.2, 0) is 54.5 Å². The van der Waals surface area contributed by atoms with Crippen molar-refractivity contribution in [3.8, 4) is 33.4 Å². The standard InChI is InChI=1S/2C20H20ClN7O2.C12H12BrClN2O2.C10H17BN2O2.C8H9N5.C4H4IN3/c2*1-27-10-12(8-24-27)13-9-22-11-23-17(13)25-15-7-14(21)16-18(29)26-20(28(16)19(15)30)5-3-2-4-6-20;13-7-6-8(14)9-10(17)15-12(16(9)11(7)18)4-2-1-3-5-12;1-9(2)10(3,4)15-11(14-9)8-6-12-13(5)7-8;1-13-4-6(2-12-13)7-3-10-5-11-8(7)9;5-3-1-7-2-8-4(3)6/h2*7-11H,2-6H2,1H3,(H,26,29)(H,22,23,25);6H,1-5H2,(H,15,17);6-7H,1-5H3;2-5H,1H3,(H2,9,10,11);1-2H,(H2,6,7,8). The van der Waals surface area contributed by atoms with Crippen LogP contribution in [0.3, 0.4) is 0 Å². The van der Waals surface area contributed by atoms with E-state index in [1.807, 2.05) is 80.7 Å². The second kappa shape index (κ2) is 33.6. The second-order valence-corrected chi connectivity index (χ2v) is 32.6. The number of nitrogen functional groups attached to an aromatic ring is 2. The average molecular weight is 1790 g/mol. The molecule has 3 aliphatic carbocycles. The van der Waals surface area contributed by atoms with Crippen molar-refractivity contribution in [3.05, 3.63) is 189 Å². The lowest BCUT2D eigenvalue weighted by atomic mass is 9.82. The normalized spacial score (nSPS) is 17.2. The Bertz CT molecular complexity index is 5420. The van der Waals surface area contributed by atoms with E-state index in [0.717, 1.165) is 102 Å². The first-order chi connectivity index (χ1) is 54.4. The highest BCUT2D eigenvalue weighted by Crippen LogP contribution is 2.43. The smallest absolute Gasteiger partial charge is 0.399 e. The monoisotopic (exact) mass is 1780 g/mol. The summed E-state index contributed by atoms with van der Waals surface area (Å²) in [5, 5.41) is 32.5. The Hall–Kier alpha value is -10.3. The molecule has 1 saturated heterocycles. The topological polar surface area (TPSA) is 422 Å². The molecule has 40 heteroatoms. The van der Waals surface area contributed by atoms with Crippen LogP contribution in [0.4, 0.5) is 34.6 Å². The number of halogens is 5. The minimum Gasteiger partial charge on any atom is -0.399 e. The van der Waals surface area contributed by atoms with Gasteiger partial charge in [0.15, 0.2) is 0 Å². The summed E-state index contributed by atoms with van der Waals surface area (Å²) < 4.78 is 24.5. The maximum absolute atomic E-state index is 13.5. The Labute approximate surface area is 690 Å². The fourth-order valence-electron chi connectivity index (χ4n) is 14.8. The largest absolute Gasteiger partial charge is 0.498 e. The quantitative estimate of drug-likeness (QED) is 0.0549. The first kappa shape index (κ1) is 81.7. The SMILES string of the molecule is Cn1cc(-c2cncnc2N)cn1.Cn1cc(-c2cncnc2Nc2cc(Cl)c3n(c2=O)C2(CCCCC2)NC3=O)cn1.Cn1cc(-c2cncnc2Nc2cc(Cl)c3n(c2=O)C2(CCCCC2)NC3=O)cn1.Cn1cc(B2OC(C)(C)C(C)(C)O2)cn1.Nc1ncncc1I.O=C1NC2(CCCCC2)n2c1c(Cl)cc(Br)c2=O. The maximum Gasteiger partial charge on any atom is 0.498 e. The third-order valence-electron chi connectivity index (χ3n) is 21.1. The molecule has 0 atom stereocenters. The van der Waals surface area contributed by atoms with Crippen LogP contribution in [0.15, 0.2) is 137 Å². The van der Waals surface area contributed by atoms with E-state index in [0.29, 0.717) is 75.3 Å². The van der Waals surface area contributed by atoms with Gasteiger partial charge in [-0.1, -0.05) is 54.1 Å². The molecule has 3 amide bonds. The van der Waals surface area contributed by atoms with Crippen LogP contribution < -0.4 is 60.2 Å². The summed E-state index contributed by atoms with van der Waals surface area (Å²) in [4.78, 5) is 109. The summed E-state index contributed by atoms with van der Waals surface area (Å²) in [6.45, 7) is 8.18. The molecule has 4 aliphatic heterocycles. The van der Waals surface area contributed by atoms with Gasteiger partial charge in [-0.25, -0.2) is 39.9 Å². The minimum atomic E-state index is -0.707. The number of hydrogen-bond donors (Lipinski definition) is 7. The Balaban J connectivity index is 0.000000125. The number of anilines is 6. The fraction of sp³-hybridized carbons (Fsp3) is 0.378. The van der Waals surface area contributed by atoms with Crippen LogP contribution in [0.1, 0.15) is 155 Å². The lowest BCUT2D eigenvalue weighted by Gasteiger charge is -2.35. The first-order valence-electron chi connectivity index (χ1n) is 36.6. The molecular weight excluding hydrogens is 1700 g/mol. The van der Waals surface area contributed by atoms with Gasteiger partial charge in [0.1, 0.15) is 94.0 Å². The summed E-state index contributed by atoms with van der Waals surface area (Å²) >= 11 is 24.3. The summed E-state index contributed by atoms with van der Waals surface area (Å²) in [6.07, 6.45) is 40.2. The number of rotatable bonds is 8. The molecule has 4 fully saturated rings. The molecule has 34 nitrogen and oxygen atoms in total. The van der Waals surface area contributed by atoms with Gasteiger partial charge >= 0.3 is 7.12 Å². The maximum atomic E-state index is 13.5. The van der Waals surface area contributed by atoms with Crippen molar-refractivity contribution in [3.63, 3.8) is 0 Å². The molecule has 3 spiro atoms. The highest BCUT2D eigenvalue weighted by Gasteiger charge is 2.53. The van der Waals surface area contributed by atoms with Crippen molar-refractivity contribution < 1.29 is 23.7 Å². The zero-order chi connectivity index (χ0) is 81.2. The van der Waals surface area contributed by atoms with Gasteiger partial charge in [0.05, 0.1) is 52.9 Å². The van der Waals surface area contributed by atoms with Crippen molar-refractivity contribution in [2.45, 2.75) is 152 Å². The molecule has 15 heterocycles. The number of aryl methyl sites for hydroxylation is 4. The highest BCUT2D eigenvalue weighted by atomic mass is 127. The number of aromatic nitrogens is 19. The Morgan fingerprint density at radius 3 is 1.15 bits per heavy atom. The van der Waals surface area contributed by atoms with Crippen LogP contribution in [-0.4, -0.2) is 129 Å². The third-order valence-corrected chi connectivity index (χ3v) is 23.4. The number of carbonyl (C=O) groups excluding carboxylic acids is 3. The van der Waals surface area contributed by atoms with Crippen LogP contribution in [0.2, 0.25) is 15.1 Å². The van der Waals surface area contributed by atoms with Gasteiger partial charge in [-0.3, -0.25) is 61.2 Å². The number of carbonyl (C=O) groups is 3. The van der Waals surface area contributed by atoms with Crippen molar-refractivity contribution in [1.29, 1.82) is 0 Å². The molecule has 11 aromatic heterocycles. The Kier molecular flexibility index (Phi) is 24.1. The number of fused-ring (bicyclic) bond motifs is 6. The molecule has 0 unspecified atom stereocenters. The van der Waals surface area contributed by atoms with Gasteiger partial charge < -0.3 is 47.4 Å². The molecule has 114 heavy (non-hydrogen) atoms. The number of nitrogens with one attached hydrogen (secondary N) is 5. The van der Waals surface area contributed by atoms with E-state index in [9.17, 15) is 28.8 Å². The van der Waals surface area contributed by atoms with Crippen molar-refractivity contribution >= 4 is 138 Å². The molecule has 0 radical (unpaired) electrons. The predicted octanol–water partition coefficient (Wildman–Crippen LogP) is 10.1. The molecule has 594 valence electrons. The van der Waals surface area contributed by atoms with Gasteiger partial charge in [0, 0.05) is 123 Å². The molecule has 11 aromatic rings. The molecule has 3 saturated carbocycles. The van der Waals surface area contributed by atoms with Crippen molar-refractivity contribution in [1.82, 2.24) is 109 Å². The summed E-state index contributed by atoms with van der Waals surface area (Å²) in [7, 11) is 7.07. The number of pyridine rings is 3. The number of nitrogens with zero attached hydrogens (tertiary/aromatic N) is 19. The van der Waals surface area contributed by atoms with E-state index in [1.165, 1.54) is 43.5 Å². The fourth-order valence-corrected chi connectivity index (χ4v) is 16.5. The minimum absolute atomic E-state index is 0.186. The van der Waals surface area contributed by atoms with Crippen LogP contribution in [0.5, 0.6) is 0 Å². The van der Waals surface area contributed by atoms with Gasteiger partial charge in [-0.15, -0.1) is 0 Å². The first-order valence-corrected chi connectivity index (χ1v) is 39.6. The van der Waals surface area contributed by atoms with Gasteiger partial charge in [-0.2, -0.15) is 20.4 Å². The molecule has 18 rings (SSSR count). The second-order valence-electron chi connectivity index (χ2n) is 29.4. The summed E-state index contributed by atoms with van der Waals surface area (Å²) in [6, 6.07) is 4.48. The van der Waals surface area contributed by atoms with Crippen molar-refractivity contribution in [2.75, 3.05) is 22.1 Å². The van der Waals surface area contributed by atoms with Gasteiger partial charge in [0.25, 0.3) is 34.4 Å². The molecule has 7 aliphatic rings. The Morgan fingerprint density at radius 2 is 0.798 bits per heavy atom. The van der Waals surface area contributed by atoms with E-state index >= 15 is 0 Å². The zero-order valence-corrected chi connectivity index (χ0v) is 69.5. The molecule has 9 N–H and O–H groups in total. The van der Waals surface area contributed by atoms with Crippen molar-refractivity contribution in [2.24, 2.45) is 28.2 Å². The molecule has 0 bridgehead atoms. The predicted molar refractivity (Wildman–Crippen MR) is 442 cm³/mol. The summed E-state index contributed by atoms with van der Waals surface area (Å²) in [5.41, 5.74) is 14.7. The lowest BCUT2D eigenvalue weighted by molar-refractivity contribution is 0.00578. The van der Waals surface area contributed by atoms with Crippen LogP contribution >= 0.6 is 73.3 Å².